The average Bonchev–Trinajstić information content (AvgIpc) is 3.35. The second-order valence-corrected chi connectivity index (χ2v) is 9.44. The molecule has 204 valence electrons. The number of carbonyl (C=O) groups excluding carboxylic acids is 4. The molecule has 1 aliphatic carbocycles. The molecule has 3 N–H and O–H groups in total. The normalized spacial score (nSPS) is 15.1. The van der Waals surface area contributed by atoms with E-state index in [1.165, 1.54) is 18.5 Å². The topological polar surface area (TPSA) is 149 Å². The van der Waals surface area contributed by atoms with Crippen molar-refractivity contribution in [2.45, 2.75) is 32.2 Å². The van der Waals surface area contributed by atoms with E-state index in [-0.39, 0.29) is 49.0 Å². The number of amides is 3. The Balaban J connectivity index is 1.22. The van der Waals surface area contributed by atoms with Crippen molar-refractivity contribution in [1.29, 1.82) is 0 Å². The van der Waals surface area contributed by atoms with Crippen LogP contribution in [0.2, 0.25) is 0 Å². The maximum absolute atomic E-state index is 13.0. The summed E-state index contributed by atoms with van der Waals surface area (Å²) in [5.74, 6) is -0.697. The van der Waals surface area contributed by atoms with Gasteiger partial charge in [-0.1, -0.05) is 24.8 Å². The number of hydrogen-bond donors (Lipinski definition) is 3. The molecule has 11 nitrogen and oxygen atoms in total. The van der Waals surface area contributed by atoms with Crippen LogP contribution >= 0.6 is 0 Å². The molecule has 2 aliphatic rings. The van der Waals surface area contributed by atoms with Crippen molar-refractivity contribution in [1.82, 2.24) is 15.3 Å². The number of esters is 1. The van der Waals surface area contributed by atoms with Crippen molar-refractivity contribution in [2.75, 3.05) is 23.8 Å². The summed E-state index contributed by atoms with van der Waals surface area (Å²) in [6.07, 6.45) is 4.13. The smallest absolute Gasteiger partial charge is 0.338 e. The van der Waals surface area contributed by atoms with Crippen LogP contribution in [0.25, 0.3) is 0 Å². The number of hydrogen-bond acceptors (Lipinski definition) is 8. The third-order valence-electron chi connectivity index (χ3n) is 6.76. The Kier molecular flexibility index (Phi) is 7.54. The SMILES string of the molecule is C=CCOC(=O)c1ccc2c(c1C)CC[C@@H]2NC(=O)c1cc(NC(=O)Cc2ccc3c(c2)NC(=O)CO3)ncn1. The van der Waals surface area contributed by atoms with E-state index in [0.717, 1.165) is 16.7 Å². The van der Waals surface area contributed by atoms with Gasteiger partial charge in [0.25, 0.3) is 11.8 Å². The Morgan fingerprint density at radius 2 is 2.05 bits per heavy atom. The Bertz CT molecular complexity index is 1540. The van der Waals surface area contributed by atoms with Crippen molar-refractivity contribution in [3.05, 3.63) is 88.9 Å². The van der Waals surface area contributed by atoms with Gasteiger partial charge in [-0.05, 0) is 60.2 Å². The maximum Gasteiger partial charge on any atom is 0.338 e. The first-order valence-corrected chi connectivity index (χ1v) is 12.7. The number of fused-ring (bicyclic) bond motifs is 2. The van der Waals surface area contributed by atoms with E-state index >= 15 is 0 Å². The first-order chi connectivity index (χ1) is 19.3. The molecule has 0 saturated heterocycles. The van der Waals surface area contributed by atoms with E-state index in [2.05, 4.69) is 32.5 Å². The molecule has 3 aromatic rings. The lowest BCUT2D eigenvalue weighted by Crippen LogP contribution is -2.28. The Morgan fingerprint density at radius 3 is 2.88 bits per heavy atom. The molecule has 1 atom stereocenters. The predicted molar refractivity (Wildman–Crippen MR) is 145 cm³/mol. The molecule has 5 rings (SSSR count). The van der Waals surface area contributed by atoms with Gasteiger partial charge >= 0.3 is 5.97 Å². The standard InChI is InChI=1S/C29H27N5O6/c1-3-10-39-29(38)19-5-6-20-18(16(19)2)7-8-21(20)33-28(37)23-13-25(31-15-30-23)34-26(35)12-17-4-9-24-22(11-17)32-27(36)14-40-24/h3-6,9,11,13,15,21H,1,7-8,10,12,14H2,2H3,(H,32,36)(H,33,37)(H,30,31,34,35)/t21-/m0/s1. The third-order valence-corrected chi connectivity index (χ3v) is 6.76. The lowest BCUT2D eigenvalue weighted by atomic mass is 9.98. The zero-order chi connectivity index (χ0) is 28.2. The zero-order valence-corrected chi connectivity index (χ0v) is 21.8. The predicted octanol–water partition coefficient (Wildman–Crippen LogP) is 3.06. The van der Waals surface area contributed by atoms with Gasteiger partial charge in [-0.15, -0.1) is 0 Å². The Morgan fingerprint density at radius 1 is 1.20 bits per heavy atom. The van der Waals surface area contributed by atoms with Crippen LogP contribution in [-0.4, -0.2) is 46.9 Å². The van der Waals surface area contributed by atoms with Gasteiger partial charge < -0.3 is 25.4 Å². The fraction of sp³-hybridized carbons (Fsp3) is 0.241. The molecule has 1 aliphatic heterocycles. The molecular weight excluding hydrogens is 514 g/mol. The summed E-state index contributed by atoms with van der Waals surface area (Å²) in [4.78, 5) is 57.7. The molecule has 0 bridgehead atoms. The molecular formula is C29H27N5O6. The van der Waals surface area contributed by atoms with Crippen molar-refractivity contribution in [3.8, 4) is 5.75 Å². The first-order valence-electron chi connectivity index (χ1n) is 12.7. The lowest BCUT2D eigenvalue weighted by Gasteiger charge is -2.18. The van der Waals surface area contributed by atoms with Gasteiger partial charge in [0.05, 0.1) is 23.7 Å². The summed E-state index contributed by atoms with van der Waals surface area (Å²) in [5, 5.41) is 8.39. The molecule has 0 spiro atoms. The molecule has 40 heavy (non-hydrogen) atoms. The molecule has 0 fully saturated rings. The highest BCUT2D eigenvalue weighted by molar-refractivity contribution is 5.97. The fourth-order valence-electron chi connectivity index (χ4n) is 4.86. The van der Waals surface area contributed by atoms with Gasteiger partial charge in [-0.3, -0.25) is 14.4 Å². The van der Waals surface area contributed by atoms with Gasteiger partial charge in [0.2, 0.25) is 5.91 Å². The van der Waals surface area contributed by atoms with Gasteiger partial charge in [0.1, 0.15) is 30.2 Å². The zero-order valence-electron chi connectivity index (χ0n) is 21.8. The number of nitrogens with one attached hydrogen (secondary N) is 3. The lowest BCUT2D eigenvalue weighted by molar-refractivity contribution is -0.118. The molecule has 3 amide bonds. The van der Waals surface area contributed by atoms with E-state index in [1.54, 1.807) is 24.3 Å². The molecule has 2 aromatic carbocycles. The number of ether oxygens (including phenoxy) is 2. The van der Waals surface area contributed by atoms with Crippen LogP contribution in [-0.2, 0) is 27.2 Å². The summed E-state index contributed by atoms with van der Waals surface area (Å²) < 4.78 is 10.5. The number of rotatable bonds is 8. The van der Waals surface area contributed by atoms with Gasteiger partial charge in [0.15, 0.2) is 6.61 Å². The first kappa shape index (κ1) is 26.5. The van der Waals surface area contributed by atoms with Crippen molar-refractivity contribution in [3.63, 3.8) is 0 Å². The van der Waals surface area contributed by atoms with Gasteiger partial charge in [-0.2, -0.15) is 0 Å². The number of nitrogens with zero attached hydrogens (tertiary/aromatic N) is 2. The molecule has 0 saturated carbocycles. The van der Waals surface area contributed by atoms with E-state index in [9.17, 15) is 19.2 Å². The van der Waals surface area contributed by atoms with E-state index in [0.29, 0.717) is 35.4 Å². The third kappa shape index (κ3) is 5.68. The van der Waals surface area contributed by atoms with Gasteiger partial charge in [0, 0.05) is 6.07 Å². The summed E-state index contributed by atoms with van der Waals surface area (Å²) in [6, 6.07) is 9.83. The van der Waals surface area contributed by atoms with Crippen LogP contribution in [0, 0.1) is 6.92 Å². The minimum atomic E-state index is -0.409. The highest BCUT2D eigenvalue weighted by atomic mass is 16.5. The quantitative estimate of drug-likeness (QED) is 0.291. The Hall–Kier alpha value is -5.06. The van der Waals surface area contributed by atoms with Gasteiger partial charge in [-0.25, -0.2) is 14.8 Å². The van der Waals surface area contributed by atoms with Crippen LogP contribution in [0.15, 0.2) is 55.4 Å². The van der Waals surface area contributed by atoms with Crippen LogP contribution in [0.3, 0.4) is 0 Å². The van der Waals surface area contributed by atoms with Crippen LogP contribution in [0.4, 0.5) is 11.5 Å². The maximum atomic E-state index is 13.0. The largest absolute Gasteiger partial charge is 0.482 e. The summed E-state index contributed by atoms with van der Waals surface area (Å²) >= 11 is 0. The molecule has 2 heterocycles. The fourth-order valence-corrected chi connectivity index (χ4v) is 4.86. The van der Waals surface area contributed by atoms with E-state index in [1.807, 2.05) is 13.0 Å². The second kappa shape index (κ2) is 11.4. The number of carbonyl (C=O) groups is 4. The van der Waals surface area contributed by atoms with Crippen molar-refractivity contribution < 1.29 is 28.7 Å². The summed E-state index contributed by atoms with van der Waals surface area (Å²) in [7, 11) is 0. The monoisotopic (exact) mass is 541 g/mol. The minimum Gasteiger partial charge on any atom is -0.482 e. The summed E-state index contributed by atoms with van der Waals surface area (Å²) in [6.45, 7) is 5.53. The molecule has 0 unspecified atom stereocenters. The van der Waals surface area contributed by atoms with Crippen LogP contribution in [0.5, 0.6) is 5.75 Å². The molecule has 1 aromatic heterocycles. The van der Waals surface area contributed by atoms with Crippen molar-refractivity contribution >= 4 is 35.2 Å². The Labute approximate surface area is 230 Å². The van der Waals surface area contributed by atoms with Crippen LogP contribution in [0.1, 0.15) is 55.6 Å². The second-order valence-electron chi connectivity index (χ2n) is 9.44. The van der Waals surface area contributed by atoms with E-state index < -0.39 is 11.9 Å². The number of benzene rings is 2. The highest BCUT2D eigenvalue weighted by Gasteiger charge is 2.28. The van der Waals surface area contributed by atoms with E-state index in [4.69, 9.17) is 9.47 Å². The number of anilines is 2. The van der Waals surface area contributed by atoms with Crippen molar-refractivity contribution in [2.24, 2.45) is 0 Å². The van der Waals surface area contributed by atoms with Crippen LogP contribution < -0.4 is 20.7 Å². The molecule has 0 radical (unpaired) electrons. The highest BCUT2D eigenvalue weighted by Crippen LogP contribution is 2.35. The number of aromatic nitrogens is 2. The average molecular weight is 542 g/mol. The minimum absolute atomic E-state index is 0.0238. The summed E-state index contributed by atoms with van der Waals surface area (Å²) in [5.41, 5.74) is 4.58. The molecule has 11 heteroatoms.